The zero-order chi connectivity index (χ0) is 18.5. The summed E-state index contributed by atoms with van der Waals surface area (Å²) in [5, 5.41) is 5.06. The van der Waals surface area contributed by atoms with Gasteiger partial charge in [0.25, 0.3) is 5.91 Å². The lowest BCUT2D eigenvalue weighted by Crippen LogP contribution is -2.25. The molecule has 0 aliphatic heterocycles. The first kappa shape index (κ1) is 18.2. The molecule has 3 aromatic rings. The highest BCUT2D eigenvalue weighted by atomic mass is 32.1. The SMILES string of the molecule is CC(C(=O)S)c1ccc2cccc(CCNC(=O)c3ccccc3)c2c1. The Hall–Kier alpha value is -2.59. The van der Waals surface area contributed by atoms with Crippen LogP contribution in [0.25, 0.3) is 10.8 Å². The van der Waals surface area contributed by atoms with Gasteiger partial charge >= 0.3 is 0 Å². The van der Waals surface area contributed by atoms with Gasteiger partial charge in [-0.05, 0) is 40.5 Å². The minimum absolute atomic E-state index is 0.0687. The Morgan fingerprint density at radius 3 is 2.50 bits per heavy atom. The van der Waals surface area contributed by atoms with E-state index in [0.717, 1.165) is 28.3 Å². The Morgan fingerprint density at radius 1 is 1.00 bits per heavy atom. The molecule has 0 fully saturated rings. The van der Waals surface area contributed by atoms with Crippen LogP contribution in [0.5, 0.6) is 0 Å². The minimum Gasteiger partial charge on any atom is -0.352 e. The zero-order valence-corrected chi connectivity index (χ0v) is 15.5. The average Bonchev–Trinajstić information content (AvgIpc) is 2.67. The van der Waals surface area contributed by atoms with Crippen molar-refractivity contribution >= 4 is 34.4 Å². The lowest BCUT2D eigenvalue weighted by molar-refractivity contribution is -0.111. The number of rotatable bonds is 6. The Morgan fingerprint density at radius 2 is 1.77 bits per heavy atom. The fourth-order valence-corrected chi connectivity index (χ4v) is 3.14. The Kier molecular flexibility index (Phi) is 5.74. The number of carbonyl (C=O) groups is 2. The smallest absolute Gasteiger partial charge is 0.251 e. The molecule has 1 unspecified atom stereocenters. The van der Waals surface area contributed by atoms with Gasteiger partial charge < -0.3 is 5.32 Å². The van der Waals surface area contributed by atoms with Gasteiger partial charge in [-0.1, -0.05) is 61.5 Å². The van der Waals surface area contributed by atoms with Gasteiger partial charge in [-0.15, -0.1) is 12.6 Å². The van der Waals surface area contributed by atoms with Crippen molar-refractivity contribution in [3.63, 3.8) is 0 Å². The molecule has 1 amide bonds. The van der Waals surface area contributed by atoms with Crippen molar-refractivity contribution < 1.29 is 9.59 Å². The highest BCUT2D eigenvalue weighted by Gasteiger charge is 2.13. The molecular weight excluding hydrogens is 342 g/mol. The molecule has 3 aromatic carbocycles. The van der Waals surface area contributed by atoms with Crippen molar-refractivity contribution in [2.24, 2.45) is 0 Å². The van der Waals surface area contributed by atoms with E-state index in [1.807, 2.05) is 43.3 Å². The van der Waals surface area contributed by atoms with E-state index in [-0.39, 0.29) is 16.9 Å². The fraction of sp³-hybridized carbons (Fsp3) is 0.182. The molecule has 26 heavy (non-hydrogen) atoms. The molecule has 4 heteroatoms. The molecule has 0 aliphatic carbocycles. The summed E-state index contributed by atoms with van der Waals surface area (Å²) < 4.78 is 0. The number of carbonyl (C=O) groups excluding carboxylic acids is 2. The van der Waals surface area contributed by atoms with Crippen molar-refractivity contribution in [2.45, 2.75) is 19.3 Å². The van der Waals surface area contributed by atoms with Crippen molar-refractivity contribution in [3.05, 3.63) is 83.4 Å². The molecule has 0 aromatic heterocycles. The van der Waals surface area contributed by atoms with E-state index in [2.05, 4.69) is 36.1 Å². The van der Waals surface area contributed by atoms with Crippen LogP contribution in [0.1, 0.15) is 34.3 Å². The summed E-state index contributed by atoms with van der Waals surface area (Å²) in [5.41, 5.74) is 2.77. The molecule has 3 nitrogen and oxygen atoms in total. The normalized spacial score (nSPS) is 11.9. The van der Waals surface area contributed by atoms with Gasteiger partial charge in [0.2, 0.25) is 0 Å². The lowest BCUT2D eigenvalue weighted by Gasteiger charge is -2.12. The van der Waals surface area contributed by atoms with E-state index >= 15 is 0 Å². The number of hydrogen-bond donors (Lipinski definition) is 2. The number of nitrogens with one attached hydrogen (secondary N) is 1. The van der Waals surface area contributed by atoms with E-state index < -0.39 is 0 Å². The largest absolute Gasteiger partial charge is 0.352 e. The summed E-state index contributed by atoms with van der Waals surface area (Å²) >= 11 is 3.95. The molecule has 3 rings (SSSR count). The predicted octanol–water partition coefficient (Wildman–Crippen LogP) is 4.37. The van der Waals surface area contributed by atoms with E-state index in [9.17, 15) is 9.59 Å². The first-order chi connectivity index (χ1) is 12.6. The van der Waals surface area contributed by atoms with Gasteiger partial charge in [-0.25, -0.2) is 0 Å². The second kappa shape index (κ2) is 8.19. The third-order valence-corrected chi connectivity index (χ3v) is 4.97. The first-order valence-electron chi connectivity index (χ1n) is 8.64. The zero-order valence-electron chi connectivity index (χ0n) is 14.6. The van der Waals surface area contributed by atoms with Crippen LogP contribution in [0.4, 0.5) is 0 Å². The van der Waals surface area contributed by atoms with Gasteiger partial charge in [0.05, 0.1) is 5.92 Å². The average molecular weight is 363 g/mol. The van der Waals surface area contributed by atoms with Crippen LogP contribution >= 0.6 is 12.6 Å². The van der Waals surface area contributed by atoms with Crippen molar-refractivity contribution in [1.29, 1.82) is 0 Å². The summed E-state index contributed by atoms with van der Waals surface area (Å²) in [6, 6.07) is 21.4. The van der Waals surface area contributed by atoms with Crippen molar-refractivity contribution in [3.8, 4) is 0 Å². The van der Waals surface area contributed by atoms with Gasteiger partial charge in [0.1, 0.15) is 0 Å². The van der Waals surface area contributed by atoms with E-state index in [0.29, 0.717) is 12.1 Å². The highest BCUT2D eigenvalue weighted by molar-refractivity contribution is 7.96. The third-order valence-electron chi connectivity index (χ3n) is 4.58. The molecular formula is C22H21NO2S. The molecule has 0 radical (unpaired) electrons. The van der Waals surface area contributed by atoms with Crippen LogP contribution < -0.4 is 5.32 Å². The molecule has 0 heterocycles. The predicted molar refractivity (Wildman–Crippen MR) is 109 cm³/mol. The standard InChI is InChI=1S/C22H21NO2S/c1-15(22(25)26)19-11-10-16-8-5-9-17(20(16)14-19)12-13-23-21(24)18-6-3-2-4-7-18/h2-11,14-15H,12-13H2,1H3,(H,23,24)(H,25,26). The maximum Gasteiger partial charge on any atom is 0.251 e. The van der Waals surface area contributed by atoms with Gasteiger partial charge in [0, 0.05) is 12.1 Å². The topological polar surface area (TPSA) is 46.2 Å². The van der Waals surface area contributed by atoms with Gasteiger partial charge in [-0.2, -0.15) is 0 Å². The molecule has 0 bridgehead atoms. The van der Waals surface area contributed by atoms with Crippen LogP contribution in [-0.2, 0) is 11.2 Å². The Bertz CT molecular complexity index is 937. The first-order valence-corrected chi connectivity index (χ1v) is 9.08. The second-order valence-corrected chi connectivity index (χ2v) is 6.77. The third kappa shape index (κ3) is 4.14. The van der Waals surface area contributed by atoms with Gasteiger partial charge in [-0.3, -0.25) is 9.59 Å². The lowest BCUT2D eigenvalue weighted by atomic mass is 9.95. The van der Waals surface area contributed by atoms with Gasteiger partial charge in [0.15, 0.2) is 5.12 Å². The van der Waals surface area contributed by atoms with E-state index in [4.69, 9.17) is 0 Å². The minimum atomic E-state index is -0.242. The van der Waals surface area contributed by atoms with Crippen LogP contribution in [-0.4, -0.2) is 17.6 Å². The molecule has 0 aliphatic rings. The molecule has 132 valence electrons. The number of thiol groups is 1. The summed E-state index contributed by atoms with van der Waals surface area (Å²) in [6.45, 7) is 2.41. The molecule has 0 saturated carbocycles. The number of fused-ring (bicyclic) bond motifs is 1. The number of benzene rings is 3. The summed E-state index contributed by atoms with van der Waals surface area (Å²) in [6.07, 6.45) is 0.725. The number of amides is 1. The van der Waals surface area contributed by atoms with Crippen molar-refractivity contribution in [1.82, 2.24) is 5.32 Å². The monoisotopic (exact) mass is 363 g/mol. The van der Waals surface area contributed by atoms with E-state index in [1.54, 1.807) is 12.1 Å². The molecule has 0 saturated heterocycles. The summed E-state index contributed by atoms with van der Waals surface area (Å²) in [7, 11) is 0. The molecule has 1 atom stereocenters. The molecule has 0 spiro atoms. The molecule has 1 N–H and O–H groups in total. The fourth-order valence-electron chi connectivity index (χ4n) is 2.99. The maximum absolute atomic E-state index is 12.2. The maximum atomic E-state index is 12.2. The Balaban J connectivity index is 1.76. The van der Waals surface area contributed by atoms with Crippen LogP contribution in [0.15, 0.2) is 66.7 Å². The van der Waals surface area contributed by atoms with E-state index in [1.165, 1.54) is 0 Å². The number of hydrogen-bond acceptors (Lipinski definition) is 2. The summed E-state index contributed by atoms with van der Waals surface area (Å²) in [4.78, 5) is 23.7. The second-order valence-electron chi connectivity index (χ2n) is 6.33. The van der Waals surface area contributed by atoms with Crippen molar-refractivity contribution in [2.75, 3.05) is 6.54 Å². The van der Waals surface area contributed by atoms with Crippen LogP contribution in [0.2, 0.25) is 0 Å². The highest BCUT2D eigenvalue weighted by Crippen LogP contribution is 2.26. The quantitative estimate of drug-likeness (QED) is 0.639. The van der Waals surface area contributed by atoms with Crippen LogP contribution in [0, 0.1) is 0 Å². The summed E-state index contributed by atoms with van der Waals surface area (Å²) in [5.74, 6) is -0.311. The van der Waals surface area contributed by atoms with Crippen LogP contribution in [0.3, 0.4) is 0 Å². The Labute approximate surface area is 158 Å².